The zero-order valence-electron chi connectivity index (χ0n) is 11.8. The van der Waals surface area contributed by atoms with Crippen LogP contribution in [0.5, 0.6) is 0 Å². The summed E-state index contributed by atoms with van der Waals surface area (Å²) in [6.07, 6.45) is 2.72. The first-order chi connectivity index (χ1) is 7.74. The molecule has 1 rings (SSSR count). The van der Waals surface area contributed by atoms with Crippen molar-refractivity contribution in [2.45, 2.75) is 58.2 Å². The molecule has 0 aromatic rings. The van der Waals surface area contributed by atoms with Crippen LogP contribution < -0.4 is 5.32 Å². The number of rotatable bonds is 5. The Morgan fingerprint density at radius 3 is 2.47 bits per heavy atom. The highest BCUT2D eigenvalue weighted by Crippen LogP contribution is 2.41. The summed E-state index contributed by atoms with van der Waals surface area (Å²) in [5.74, 6) is 0.601. The van der Waals surface area contributed by atoms with Gasteiger partial charge in [-0.05, 0) is 31.2 Å². The zero-order valence-corrected chi connectivity index (χ0v) is 12.6. The molecule has 3 atom stereocenters. The Bertz CT molecular complexity index is 348. The van der Waals surface area contributed by atoms with Gasteiger partial charge in [-0.3, -0.25) is 0 Å². The maximum Gasteiger partial charge on any atom is 0.154 e. The van der Waals surface area contributed by atoms with Gasteiger partial charge in [-0.1, -0.05) is 34.1 Å². The van der Waals surface area contributed by atoms with Crippen LogP contribution >= 0.6 is 0 Å². The average Bonchev–Trinajstić information content (AvgIpc) is 2.53. The lowest BCUT2D eigenvalue weighted by atomic mass is 9.87. The third kappa shape index (κ3) is 3.22. The van der Waals surface area contributed by atoms with Gasteiger partial charge in [-0.2, -0.15) is 0 Å². The highest BCUT2D eigenvalue weighted by molar-refractivity contribution is 7.92. The SMILES string of the molecule is CCC(C)CS(=O)(=O)C1CCC(C)(C)C1NC. The largest absolute Gasteiger partial charge is 0.315 e. The van der Waals surface area contributed by atoms with Gasteiger partial charge < -0.3 is 5.32 Å². The van der Waals surface area contributed by atoms with Crippen molar-refractivity contribution in [1.82, 2.24) is 5.32 Å². The van der Waals surface area contributed by atoms with E-state index in [1.165, 1.54) is 0 Å². The molecule has 0 aliphatic heterocycles. The van der Waals surface area contributed by atoms with Crippen molar-refractivity contribution in [3.05, 3.63) is 0 Å². The number of hydrogen-bond acceptors (Lipinski definition) is 3. The van der Waals surface area contributed by atoms with Crippen LogP contribution in [0, 0.1) is 11.3 Å². The van der Waals surface area contributed by atoms with Crippen molar-refractivity contribution in [2.75, 3.05) is 12.8 Å². The standard InChI is InChI=1S/C13H27NO2S/c1-6-10(2)9-17(15,16)11-7-8-13(3,4)12(11)14-5/h10-12,14H,6-9H2,1-5H3. The number of hydrogen-bond donors (Lipinski definition) is 1. The van der Waals surface area contributed by atoms with Crippen LogP contribution in [-0.4, -0.2) is 32.5 Å². The fraction of sp³-hybridized carbons (Fsp3) is 1.00. The summed E-state index contributed by atoms with van der Waals surface area (Å²) in [4.78, 5) is 0. The molecule has 1 saturated carbocycles. The molecule has 1 aliphatic rings. The molecule has 1 aliphatic carbocycles. The van der Waals surface area contributed by atoms with Gasteiger partial charge in [0.05, 0.1) is 11.0 Å². The van der Waals surface area contributed by atoms with Crippen LogP contribution in [0.2, 0.25) is 0 Å². The highest BCUT2D eigenvalue weighted by Gasteiger charge is 2.46. The van der Waals surface area contributed by atoms with Crippen molar-refractivity contribution in [2.24, 2.45) is 11.3 Å². The van der Waals surface area contributed by atoms with Crippen LogP contribution in [0.4, 0.5) is 0 Å². The van der Waals surface area contributed by atoms with E-state index in [2.05, 4.69) is 19.2 Å². The Balaban J connectivity index is 2.86. The van der Waals surface area contributed by atoms with E-state index in [9.17, 15) is 8.42 Å². The minimum absolute atomic E-state index is 0.0853. The van der Waals surface area contributed by atoms with Crippen LogP contribution in [0.25, 0.3) is 0 Å². The van der Waals surface area contributed by atoms with Crippen LogP contribution in [0.3, 0.4) is 0 Å². The molecule has 1 N–H and O–H groups in total. The predicted octanol–water partition coefficient (Wildman–Crippen LogP) is 2.22. The molecule has 102 valence electrons. The van der Waals surface area contributed by atoms with Gasteiger partial charge in [0.25, 0.3) is 0 Å². The Labute approximate surface area is 106 Å². The normalized spacial score (nSPS) is 30.4. The minimum atomic E-state index is -2.97. The molecule has 0 spiro atoms. The second-order valence-electron chi connectivity index (χ2n) is 6.18. The maximum atomic E-state index is 12.4. The van der Waals surface area contributed by atoms with Crippen LogP contribution in [-0.2, 0) is 9.84 Å². The Morgan fingerprint density at radius 2 is 2.00 bits per heavy atom. The van der Waals surface area contributed by atoms with Crippen molar-refractivity contribution in [1.29, 1.82) is 0 Å². The maximum absolute atomic E-state index is 12.4. The first-order valence-corrected chi connectivity index (χ1v) is 8.35. The first-order valence-electron chi connectivity index (χ1n) is 6.63. The third-order valence-corrected chi connectivity index (χ3v) is 6.74. The molecule has 0 bridgehead atoms. The average molecular weight is 261 g/mol. The molecule has 3 unspecified atom stereocenters. The Kier molecular flexibility index (Phi) is 4.64. The van der Waals surface area contributed by atoms with E-state index in [0.717, 1.165) is 19.3 Å². The molecule has 0 radical (unpaired) electrons. The van der Waals surface area contributed by atoms with E-state index in [-0.39, 0.29) is 22.6 Å². The summed E-state index contributed by atoms with van der Waals surface area (Å²) in [6, 6.07) is 0.0940. The molecule has 0 aromatic heterocycles. The molecule has 0 aromatic carbocycles. The molecule has 4 heteroatoms. The van der Waals surface area contributed by atoms with Crippen molar-refractivity contribution in [3.8, 4) is 0 Å². The molecule has 1 fully saturated rings. The lowest BCUT2D eigenvalue weighted by molar-refractivity contribution is 0.297. The molecule has 0 heterocycles. The number of nitrogens with one attached hydrogen (secondary N) is 1. The van der Waals surface area contributed by atoms with Crippen LogP contribution in [0.1, 0.15) is 47.0 Å². The van der Waals surface area contributed by atoms with Crippen molar-refractivity contribution in [3.63, 3.8) is 0 Å². The summed E-state index contributed by atoms with van der Waals surface area (Å²) in [5, 5.41) is 3.02. The summed E-state index contributed by atoms with van der Waals surface area (Å²) < 4.78 is 24.8. The third-order valence-electron chi connectivity index (χ3n) is 4.27. The summed E-state index contributed by atoms with van der Waals surface area (Å²) in [6.45, 7) is 8.39. The van der Waals surface area contributed by atoms with E-state index in [1.807, 2.05) is 20.9 Å². The Hall–Kier alpha value is -0.0900. The van der Waals surface area contributed by atoms with Crippen molar-refractivity contribution >= 4 is 9.84 Å². The molecule has 0 amide bonds. The van der Waals surface area contributed by atoms with Crippen molar-refractivity contribution < 1.29 is 8.42 Å². The summed E-state index contributed by atoms with van der Waals surface area (Å²) >= 11 is 0. The first kappa shape index (κ1) is 15.0. The monoisotopic (exact) mass is 261 g/mol. The van der Waals surface area contributed by atoms with Gasteiger partial charge in [0.2, 0.25) is 0 Å². The summed E-state index contributed by atoms with van der Waals surface area (Å²) in [5.41, 5.74) is 0.0853. The zero-order chi connectivity index (χ0) is 13.3. The van der Waals surface area contributed by atoms with Gasteiger partial charge >= 0.3 is 0 Å². The van der Waals surface area contributed by atoms with Gasteiger partial charge in [0, 0.05) is 6.04 Å². The topological polar surface area (TPSA) is 46.2 Å². The molecule has 0 saturated heterocycles. The van der Waals surface area contributed by atoms with E-state index in [4.69, 9.17) is 0 Å². The fourth-order valence-electron chi connectivity index (χ4n) is 2.94. The molecule has 17 heavy (non-hydrogen) atoms. The number of sulfone groups is 1. The minimum Gasteiger partial charge on any atom is -0.315 e. The van der Waals surface area contributed by atoms with E-state index in [1.54, 1.807) is 0 Å². The molecular formula is C13H27NO2S. The predicted molar refractivity (Wildman–Crippen MR) is 72.9 cm³/mol. The fourth-order valence-corrected chi connectivity index (χ4v) is 5.61. The van der Waals surface area contributed by atoms with Gasteiger partial charge in [-0.15, -0.1) is 0 Å². The Morgan fingerprint density at radius 1 is 1.41 bits per heavy atom. The summed E-state index contributed by atoms with van der Waals surface area (Å²) in [7, 11) is -1.09. The van der Waals surface area contributed by atoms with Gasteiger partial charge in [0.1, 0.15) is 0 Å². The molecule has 3 nitrogen and oxygen atoms in total. The second-order valence-corrected chi connectivity index (χ2v) is 8.44. The van der Waals surface area contributed by atoms with Gasteiger partial charge in [0.15, 0.2) is 9.84 Å². The van der Waals surface area contributed by atoms with Gasteiger partial charge in [-0.25, -0.2) is 8.42 Å². The van der Waals surface area contributed by atoms with E-state index >= 15 is 0 Å². The quantitative estimate of drug-likeness (QED) is 0.825. The van der Waals surface area contributed by atoms with Crippen LogP contribution in [0.15, 0.2) is 0 Å². The smallest absolute Gasteiger partial charge is 0.154 e. The highest BCUT2D eigenvalue weighted by atomic mass is 32.2. The molecular weight excluding hydrogens is 234 g/mol. The lowest BCUT2D eigenvalue weighted by Crippen LogP contribution is -2.46. The lowest BCUT2D eigenvalue weighted by Gasteiger charge is -2.30. The second kappa shape index (κ2) is 5.27. The van der Waals surface area contributed by atoms with E-state index in [0.29, 0.717) is 5.75 Å². The van der Waals surface area contributed by atoms with E-state index < -0.39 is 9.84 Å².